The highest BCUT2D eigenvalue weighted by Gasteiger charge is 2.40. The molecule has 0 aliphatic carbocycles. The van der Waals surface area contributed by atoms with Crippen LogP contribution in [0.1, 0.15) is 41.7 Å². The van der Waals surface area contributed by atoms with E-state index in [0.29, 0.717) is 0 Å². The molecule has 0 spiro atoms. The van der Waals surface area contributed by atoms with Gasteiger partial charge in [0.1, 0.15) is 17.1 Å². The van der Waals surface area contributed by atoms with Crippen molar-refractivity contribution in [3.8, 4) is 11.5 Å². The van der Waals surface area contributed by atoms with Gasteiger partial charge in [-0.2, -0.15) is 0 Å². The third kappa shape index (κ3) is 4.34. The molecule has 188 valence electrons. The molecule has 4 heteroatoms. The molecular formula is C32H38N2O2. The lowest BCUT2D eigenvalue weighted by molar-refractivity contribution is 0.188. The molecule has 2 heterocycles. The lowest BCUT2D eigenvalue weighted by Gasteiger charge is -2.39. The van der Waals surface area contributed by atoms with Crippen molar-refractivity contribution in [2.45, 2.75) is 46.6 Å². The summed E-state index contributed by atoms with van der Waals surface area (Å²) in [4.78, 5) is 5.05. The van der Waals surface area contributed by atoms with Crippen LogP contribution in [0.2, 0.25) is 0 Å². The van der Waals surface area contributed by atoms with Crippen molar-refractivity contribution in [3.63, 3.8) is 0 Å². The summed E-state index contributed by atoms with van der Waals surface area (Å²) >= 11 is 0. The molecule has 5 rings (SSSR count). The normalized spacial score (nSPS) is 17.8. The van der Waals surface area contributed by atoms with Gasteiger partial charge in [0, 0.05) is 48.7 Å². The van der Waals surface area contributed by atoms with Crippen LogP contribution >= 0.6 is 0 Å². The van der Waals surface area contributed by atoms with E-state index in [4.69, 9.17) is 9.47 Å². The minimum Gasteiger partial charge on any atom is -0.497 e. The second kappa shape index (κ2) is 9.57. The Morgan fingerprint density at radius 1 is 0.833 bits per heavy atom. The Morgan fingerprint density at radius 3 is 2.11 bits per heavy atom. The number of fused-ring (bicyclic) bond motifs is 1. The van der Waals surface area contributed by atoms with Gasteiger partial charge in [0.25, 0.3) is 0 Å². The van der Waals surface area contributed by atoms with E-state index in [-0.39, 0.29) is 5.60 Å². The number of benzene rings is 3. The molecule has 0 saturated carbocycles. The number of methoxy groups -OCH3 is 1. The fraction of sp³-hybridized carbons (Fsp3) is 0.375. The van der Waals surface area contributed by atoms with Crippen molar-refractivity contribution in [2.24, 2.45) is 0 Å². The van der Waals surface area contributed by atoms with Crippen molar-refractivity contribution in [1.29, 1.82) is 0 Å². The van der Waals surface area contributed by atoms with E-state index in [0.717, 1.165) is 44.1 Å². The van der Waals surface area contributed by atoms with Gasteiger partial charge < -0.3 is 19.3 Å². The summed E-state index contributed by atoms with van der Waals surface area (Å²) in [6.07, 6.45) is 3.29. The Hall–Kier alpha value is -3.40. The van der Waals surface area contributed by atoms with E-state index >= 15 is 0 Å². The Bertz CT molecular complexity index is 1270. The summed E-state index contributed by atoms with van der Waals surface area (Å²) in [7, 11) is 1.71. The molecule has 2 aliphatic rings. The van der Waals surface area contributed by atoms with Crippen LogP contribution < -0.4 is 19.3 Å². The molecule has 0 bridgehead atoms. The quantitative estimate of drug-likeness (QED) is 0.402. The second-order valence-corrected chi connectivity index (χ2v) is 10.5. The first kappa shape index (κ1) is 24.3. The summed E-state index contributed by atoms with van der Waals surface area (Å²) < 4.78 is 11.9. The zero-order chi connectivity index (χ0) is 25.4. The number of nitrogens with zero attached hydrogens (tertiary/aromatic N) is 2. The first-order valence-corrected chi connectivity index (χ1v) is 13.0. The molecule has 0 atom stereocenters. The number of rotatable bonds is 5. The zero-order valence-corrected chi connectivity index (χ0v) is 22.5. The summed E-state index contributed by atoms with van der Waals surface area (Å²) in [6, 6.07) is 19.1. The lowest BCUT2D eigenvalue weighted by Crippen LogP contribution is -2.47. The van der Waals surface area contributed by atoms with Crippen LogP contribution in [0.5, 0.6) is 11.5 Å². The molecule has 1 saturated heterocycles. The third-order valence-electron chi connectivity index (χ3n) is 7.91. The molecule has 0 aromatic heterocycles. The first-order chi connectivity index (χ1) is 17.3. The van der Waals surface area contributed by atoms with Gasteiger partial charge in [-0.3, -0.25) is 0 Å². The first-order valence-electron chi connectivity index (χ1n) is 13.0. The molecular weight excluding hydrogens is 444 g/mol. The standard InChI is InChI=1S/C32H38N2O2/c1-22-23(2)31-29(28(32(4,5)36-31)17-12-25-10-8-7-9-11-25)24(3)30(22)34-20-18-33(19-21-34)26-13-15-27(35-6)16-14-26/h7-11,13-17H,12,18-21H2,1-6H3. The molecule has 0 radical (unpaired) electrons. The number of hydrogen-bond acceptors (Lipinski definition) is 4. The smallest absolute Gasteiger partial charge is 0.131 e. The number of anilines is 2. The van der Waals surface area contributed by atoms with Gasteiger partial charge in [0.05, 0.1) is 7.11 Å². The summed E-state index contributed by atoms with van der Waals surface area (Å²) in [5.41, 5.74) is 10.2. The highest BCUT2D eigenvalue weighted by molar-refractivity contribution is 5.88. The molecule has 4 nitrogen and oxygen atoms in total. The SMILES string of the molecule is COc1ccc(N2CCN(c3c(C)c(C)c4c(c3C)C(=CCc3ccccc3)C(C)(C)O4)CC2)cc1. The zero-order valence-electron chi connectivity index (χ0n) is 22.5. The fourth-order valence-corrected chi connectivity index (χ4v) is 5.81. The molecule has 0 unspecified atom stereocenters. The summed E-state index contributed by atoms with van der Waals surface area (Å²) in [6.45, 7) is 15.2. The molecule has 3 aromatic rings. The van der Waals surface area contributed by atoms with E-state index < -0.39 is 0 Å². The van der Waals surface area contributed by atoms with Gasteiger partial charge in [-0.25, -0.2) is 0 Å². The largest absolute Gasteiger partial charge is 0.497 e. The molecule has 36 heavy (non-hydrogen) atoms. The molecule has 3 aromatic carbocycles. The lowest BCUT2D eigenvalue weighted by atomic mass is 9.86. The Labute approximate surface area is 216 Å². The van der Waals surface area contributed by atoms with Crippen molar-refractivity contribution in [3.05, 3.63) is 88.5 Å². The van der Waals surface area contributed by atoms with Gasteiger partial charge in [-0.15, -0.1) is 0 Å². The van der Waals surface area contributed by atoms with Gasteiger partial charge in [0.2, 0.25) is 0 Å². The average molecular weight is 483 g/mol. The number of allylic oxidation sites excluding steroid dienone is 1. The third-order valence-corrected chi connectivity index (χ3v) is 7.91. The van der Waals surface area contributed by atoms with E-state index in [1.54, 1.807) is 7.11 Å². The monoisotopic (exact) mass is 482 g/mol. The van der Waals surface area contributed by atoms with E-state index in [1.165, 1.54) is 44.8 Å². The van der Waals surface area contributed by atoms with Gasteiger partial charge in [-0.1, -0.05) is 36.4 Å². The van der Waals surface area contributed by atoms with Crippen LogP contribution in [0.25, 0.3) is 5.57 Å². The van der Waals surface area contributed by atoms with Crippen molar-refractivity contribution >= 4 is 16.9 Å². The van der Waals surface area contributed by atoms with Crippen LogP contribution in [0, 0.1) is 20.8 Å². The highest BCUT2D eigenvalue weighted by Crippen LogP contribution is 2.51. The van der Waals surface area contributed by atoms with E-state index in [1.807, 2.05) is 12.1 Å². The van der Waals surface area contributed by atoms with Crippen LogP contribution in [-0.2, 0) is 6.42 Å². The maximum atomic E-state index is 6.62. The summed E-state index contributed by atoms with van der Waals surface area (Å²) in [5.74, 6) is 1.97. The van der Waals surface area contributed by atoms with Crippen LogP contribution in [0.15, 0.2) is 60.7 Å². The van der Waals surface area contributed by atoms with Crippen molar-refractivity contribution < 1.29 is 9.47 Å². The maximum absolute atomic E-state index is 6.62. The Kier molecular flexibility index (Phi) is 6.46. The van der Waals surface area contributed by atoms with Gasteiger partial charge in [0.15, 0.2) is 0 Å². The van der Waals surface area contributed by atoms with Gasteiger partial charge >= 0.3 is 0 Å². The van der Waals surface area contributed by atoms with Crippen molar-refractivity contribution in [1.82, 2.24) is 0 Å². The average Bonchev–Trinajstić information content (AvgIpc) is 3.17. The Morgan fingerprint density at radius 2 is 1.47 bits per heavy atom. The topological polar surface area (TPSA) is 24.9 Å². The molecule has 0 amide bonds. The second-order valence-electron chi connectivity index (χ2n) is 10.5. The minimum atomic E-state index is -0.342. The van der Waals surface area contributed by atoms with Crippen LogP contribution in [0.3, 0.4) is 0 Å². The fourth-order valence-electron chi connectivity index (χ4n) is 5.81. The van der Waals surface area contributed by atoms with E-state index in [9.17, 15) is 0 Å². The Balaban J connectivity index is 1.45. The number of piperazine rings is 1. The van der Waals surface area contributed by atoms with E-state index in [2.05, 4.69) is 93.0 Å². The van der Waals surface area contributed by atoms with Crippen LogP contribution in [0.4, 0.5) is 11.4 Å². The minimum absolute atomic E-state index is 0.342. The predicted molar refractivity (Wildman–Crippen MR) is 151 cm³/mol. The molecule has 1 fully saturated rings. The van der Waals surface area contributed by atoms with Crippen molar-refractivity contribution in [2.75, 3.05) is 43.1 Å². The number of ether oxygens (including phenoxy) is 2. The van der Waals surface area contributed by atoms with Crippen LogP contribution in [-0.4, -0.2) is 38.9 Å². The molecule has 2 aliphatic heterocycles. The maximum Gasteiger partial charge on any atom is 0.131 e. The van der Waals surface area contributed by atoms with Gasteiger partial charge in [-0.05, 0) is 87.6 Å². The number of hydrogen-bond donors (Lipinski definition) is 0. The highest BCUT2D eigenvalue weighted by atomic mass is 16.5. The summed E-state index contributed by atoms with van der Waals surface area (Å²) in [5, 5.41) is 0. The predicted octanol–water partition coefficient (Wildman–Crippen LogP) is 6.74. The molecule has 0 N–H and O–H groups in total.